The van der Waals surface area contributed by atoms with E-state index in [0.29, 0.717) is 12.3 Å². The Kier molecular flexibility index (Phi) is 6.33. The van der Waals surface area contributed by atoms with Gasteiger partial charge in [0.2, 0.25) is 5.91 Å². The van der Waals surface area contributed by atoms with Crippen molar-refractivity contribution in [3.05, 3.63) is 64.1 Å². The largest absolute Gasteiger partial charge is 0.507 e. The van der Waals surface area contributed by atoms with E-state index in [1.807, 2.05) is 42.3 Å². The number of carbonyl (C=O) groups is 1. The van der Waals surface area contributed by atoms with Crippen LogP contribution in [0.15, 0.2) is 53.0 Å². The molecule has 1 amide bonds. The highest BCUT2D eigenvalue weighted by molar-refractivity contribution is 9.10. The predicted molar refractivity (Wildman–Crippen MR) is 106 cm³/mol. The molecule has 2 N–H and O–H groups in total. The van der Waals surface area contributed by atoms with Crippen LogP contribution in [0.5, 0.6) is 5.75 Å². The molecule has 2 aromatic carbocycles. The quantitative estimate of drug-likeness (QED) is 0.784. The molecule has 4 nitrogen and oxygen atoms in total. The Morgan fingerprint density at radius 1 is 1.27 bits per heavy atom. The highest BCUT2D eigenvalue weighted by atomic mass is 79.9. The molecule has 0 bridgehead atoms. The van der Waals surface area contributed by atoms with Crippen LogP contribution >= 0.6 is 15.9 Å². The number of piperidine rings is 1. The fraction of sp³-hybridized carbons (Fsp3) is 0.381. The number of hydrogen-bond donors (Lipinski definition) is 2. The molecule has 0 aliphatic carbocycles. The van der Waals surface area contributed by atoms with E-state index in [4.69, 9.17) is 0 Å². The minimum Gasteiger partial charge on any atom is -0.507 e. The van der Waals surface area contributed by atoms with Gasteiger partial charge in [0.25, 0.3) is 0 Å². The van der Waals surface area contributed by atoms with Gasteiger partial charge in [0.05, 0.1) is 19.0 Å². The third-order valence-electron chi connectivity index (χ3n) is 5.09. The molecule has 1 saturated heterocycles. The molecule has 1 unspecified atom stereocenters. The molecule has 2 aromatic rings. The first-order valence-corrected chi connectivity index (χ1v) is 9.92. The van der Waals surface area contributed by atoms with Crippen LogP contribution in [0.1, 0.15) is 24.0 Å². The van der Waals surface area contributed by atoms with Crippen LogP contribution in [-0.4, -0.2) is 36.1 Å². The summed E-state index contributed by atoms with van der Waals surface area (Å²) in [5.74, 6) is 0.613. The average Bonchev–Trinajstić information content (AvgIpc) is 2.65. The summed E-state index contributed by atoms with van der Waals surface area (Å²) in [6.45, 7) is 3.26. The third-order valence-corrected chi connectivity index (χ3v) is 5.58. The van der Waals surface area contributed by atoms with Crippen LogP contribution in [-0.2, 0) is 17.9 Å². The summed E-state index contributed by atoms with van der Waals surface area (Å²) in [7, 11) is 1.89. The fourth-order valence-corrected chi connectivity index (χ4v) is 4.14. The topological polar surface area (TPSA) is 45.0 Å². The number of nitrogens with zero attached hydrogens (tertiary/aromatic N) is 1. The summed E-state index contributed by atoms with van der Waals surface area (Å²) in [6, 6.07) is 15.6. The van der Waals surface area contributed by atoms with Crippen LogP contribution in [0, 0.1) is 5.92 Å². The summed E-state index contributed by atoms with van der Waals surface area (Å²) >= 11 is 3.47. The molecule has 26 heavy (non-hydrogen) atoms. The van der Waals surface area contributed by atoms with Gasteiger partial charge in [-0.25, -0.2) is 0 Å². The van der Waals surface area contributed by atoms with Crippen molar-refractivity contribution in [2.75, 3.05) is 20.1 Å². The lowest BCUT2D eigenvalue weighted by Gasteiger charge is -2.31. The number of phenolic OH excluding ortho intramolecular Hbond substituents is 1. The molecule has 1 aliphatic heterocycles. The molecule has 0 aromatic heterocycles. The molecular weight excluding hydrogens is 392 g/mol. The van der Waals surface area contributed by atoms with E-state index in [1.165, 1.54) is 4.90 Å². The second-order valence-corrected chi connectivity index (χ2v) is 8.09. The molecule has 2 atom stereocenters. The number of carbonyl (C=O) groups excluding carboxylic acids is 1. The molecule has 1 heterocycles. The number of amides is 1. The van der Waals surface area contributed by atoms with Crippen molar-refractivity contribution in [3.63, 3.8) is 0 Å². The first-order valence-electron chi connectivity index (χ1n) is 9.13. The zero-order valence-corrected chi connectivity index (χ0v) is 16.7. The average molecular weight is 418 g/mol. The van der Waals surface area contributed by atoms with Gasteiger partial charge in [0, 0.05) is 23.6 Å². The van der Waals surface area contributed by atoms with E-state index < -0.39 is 0 Å². The van der Waals surface area contributed by atoms with Gasteiger partial charge in [-0.2, -0.15) is 0 Å². The van der Waals surface area contributed by atoms with Crippen LogP contribution in [0.25, 0.3) is 0 Å². The van der Waals surface area contributed by atoms with Gasteiger partial charge in [-0.15, -0.1) is 0 Å². The number of aromatic hydroxyl groups is 1. The van der Waals surface area contributed by atoms with Gasteiger partial charge in [0.15, 0.2) is 0 Å². The third kappa shape index (κ3) is 4.86. The predicted octanol–water partition coefficient (Wildman–Crippen LogP) is 2.61. The van der Waals surface area contributed by atoms with Gasteiger partial charge >= 0.3 is 0 Å². The van der Waals surface area contributed by atoms with Gasteiger partial charge in [-0.1, -0.05) is 46.3 Å². The molecule has 3 rings (SSSR count). The summed E-state index contributed by atoms with van der Waals surface area (Å²) in [5.41, 5.74) is 2.09. The summed E-state index contributed by atoms with van der Waals surface area (Å²) < 4.78 is 0.969. The first-order chi connectivity index (χ1) is 12.5. The fourth-order valence-electron chi connectivity index (χ4n) is 3.73. The summed E-state index contributed by atoms with van der Waals surface area (Å²) in [4.78, 5) is 16.1. The van der Waals surface area contributed by atoms with E-state index in [2.05, 4.69) is 28.1 Å². The van der Waals surface area contributed by atoms with E-state index >= 15 is 0 Å². The van der Waals surface area contributed by atoms with Crippen molar-refractivity contribution in [2.24, 2.45) is 5.92 Å². The van der Waals surface area contributed by atoms with Crippen molar-refractivity contribution >= 4 is 21.8 Å². The molecular formula is C21H26BrN2O2+. The zero-order valence-electron chi connectivity index (χ0n) is 15.1. The first kappa shape index (κ1) is 18.9. The molecule has 0 saturated carbocycles. The van der Waals surface area contributed by atoms with E-state index in [0.717, 1.165) is 48.1 Å². The van der Waals surface area contributed by atoms with E-state index in [-0.39, 0.29) is 11.8 Å². The minimum absolute atomic E-state index is 0.0572. The van der Waals surface area contributed by atoms with E-state index in [1.54, 1.807) is 6.07 Å². The van der Waals surface area contributed by atoms with Crippen LogP contribution < -0.4 is 4.90 Å². The maximum Gasteiger partial charge on any atom is 0.231 e. The molecule has 138 valence electrons. The molecule has 0 spiro atoms. The molecule has 0 radical (unpaired) electrons. The van der Waals surface area contributed by atoms with Crippen molar-refractivity contribution < 1.29 is 14.8 Å². The summed E-state index contributed by atoms with van der Waals surface area (Å²) in [6.07, 6.45) is 1.99. The number of benzene rings is 2. The lowest BCUT2D eigenvalue weighted by atomic mass is 9.96. The Bertz CT molecular complexity index is 751. The maximum absolute atomic E-state index is 12.9. The van der Waals surface area contributed by atoms with Crippen molar-refractivity contribution in [1.82, 2.24) is 4.90 Å². The number of rotatable bonds is 5. The van der Waals surface area contributed by atoms with Crippen LogP contribution in [0.4, 0.5) is 0 Å². The molecule has 1 fully saturated rings. The van der Waals surface area contributed by atoms with Gasteiger partial charge < -0.3 is 14.9 Å². The Labute approximate surface area is 163 Å². The lowest BCUT2D eigenvalue weighted by Crippen LogP contribution is -3.12. The maximum atomic E-state index is 12.9. The smallest absolute Gasteiger partial charge is 0.231 e. The highest BCUT2D eigenvalue weighted by Crippen LogP contribution is 2.21. The second kappa shape index (κ2) is 8.69. The highest BCUT2D eigenvalue weighted by Gasteiger charge is 2.31. The number of nitrogens with one attached hydrogen (secondary N) is 1. The van der Waals surface area contributed by atoms with Gasteiger partial charge in [0.1, 0.15) is 12.3 Å². The van der Waals surface area contributed by atoms with Crippen molar-refractivity contribution in [2.45, 2.75) is 25.9 Å². The molecule has 1 aliphatic rings. The SMILES string of the molecule is CN(Cc1ccccc1)C(=O)[C@@H]1CCC[NH+](Cc2cc(Br)ccc2O)C1. The number of halogens is 1. The number of likely N-dealkylation sites (tertiary alicyclic amines) is 1. The molecule has 5 heteroatoms. The Morgan fingerprint density at radius 2 is 2.04 bits per heavy atom. The van der Waals surface area contributed by atoms with Crippen molar-refractivity contribution in [3.8, 4) is 5.75 Å². The van der Waals surface area contributed by atoms with Crippen LogP contribution in [0.3, 0.4) is 0 Å². The van der Waals surface area contributed by atoms with E-state index in [9.17, 15) is 9.90 Å². The number of hydrogen-bond acceptors (Lipinski definition) is 2. The minimum atomic E-state index is 0.0572. The number of quaternary nitrogens is 1. The van der Waals surface area contributed by atoms with Crippen molar-refractivity contribution in [1.29, 1.82) is 0 Å². The Balaban J connectivity index is 1.60. The summed E-state index contributed by atoms with van der Waals surface area (Å²) in [5, 5.41) is 10.1. The Morgan fingerprint density at radius 3 is 2.81 bits per heavy atom. The monoisotopic (exact) mass is 417 g/mol. The normalized spacial score (nSPS) is 19.9. The number of phenols is 1. The van der Waals surface area contributed by atoms with Crippen LogP contribution in [0.2, 0.25) is 0 Å². The van der Waals surface area contributed by atoms with Gasteiger partial charge in [-0.05, 0) is 36.6 Å². The van der Waals surface area contributed by atoms with Gasteiger partial charge in [-0.3, -0.25) is 4.79 Å². The standard InChI is InChI=1S/C21H25BrN2O2/c1-23(13-16-6-3-2-4-7-16)21(26)17-8-5-11-24(14-17)15-18-12-19(22)9-10-20(18)25/h2-4,6-7,9-10,12,17,25H,5,8,11,13-15H2,1H3/p+1/t17-/m1/s1. The lowest BCUT2D eigenvalue weighted by molar-refractivity contribution is -0.921. The Hall–Kier alpha value is -1.85. The zero-order chi connectivity index (χ0) is 18.5. The second-order valence-electron chi connectivity index (χ2n) is 7.17.